The summed E-state index contributed by atoms with van der Waals surface area (Å²) in [7, 11) is 3.28. The van der Waals surface area contributed by atoms with Crippen molar-refractivity contribution in [1.29, 1.82) is 0 Å². The van der Waals surface area contributed by atoms with Crippen LogP contribution in [0.2, 0.25) is 0 Å². The number of ether oxygens (including phenoxy) is 2. The van der Waals surface area contributed by atoms with Crippen LogP contribution in [0, 0.1) is 6.92 Å². The van der Waals surface area contributed by atoms with E-state index < -0.39 is 0 Å². The highest BCUT2D eigenvalue weighted by atomic mass is 16.5. The number of hydrogen-bond donors (Lipinski definition) is 0. The molecule has 0 radical (unpaired) electrons. The summed E-state index contributed by atoms with van der Waals surface area (Å²) in [6, 6.07) is 11.3. The fourth-order valence-electron chi connectivity index (χ4n) is 2.25. The third-order valence-electron chi connectivity index (χ3n) is 3.32. The van der Waals surface area contributed by atoms with Crippen molar-refractivity contribution in [2.75, 3.05) is 14.2 Å². The minimum Gasteiger partial charge on any atom is -0.496 e. The molecule has 0 aromatic heterocycles. The molecule has 104 valence electrons. The maximum atomic E-state index is 11.3. The molecule has 20 heavy (non-hydrogen) atoms. The van der Waals surface area contributed by atoms with E-state index in [0.29, 0.717) is 5.56 Å². The second-order valence-electron chi connectivity index (χ2n) is 4.63. The first kappa shape index (κ1) is 14.1. The van der Waals surface area contributed by atoms with E-state index >= 15 is 0 Å². The summed E-state index contributed by atoms with van der Waals surface area (Å²) in [5.41, 5.74) is 3.61. The van der Waals surface area contributed by atoms with Crippen LogP contribution in [0.1, 0.15) is 22.8 Å². The largest absolute Gasteiger partial charge is 0.496 e. The number of rotatable bonds is 4. The number of carbonyl (C=O) groups excluding carboxylic acids is 1. The highest BCUT2D eigenvalue weighted by Gasteiger charge is 2.15. The minimum atomic E-state index is 0.0553. The smallest absolute Gasteiger partial charge is 0.159 e. The van der Waals surface area contributed by atoms with Crippen LogP contribution in [0.25, 0.3) is 11.1 Å². The van der Waals surface area contributed by atoms with Crippen molar-refractivity contribution in [2.24, 2.45) is 0 Å². The molecular formula is C17H18O3. The molecule has 0 saturated carbocycles. The third kappa shape index (κ3) is 2.52. The van der Waals surface area contributed by atoms with Crippen molar-refractivity contribution in [3.8, 4) is 22.6 Å². The summed E-state index contributed by atoms with van der Waals surface area (Å²) >= 11 is 0. The average Bonchev–Trinajstić information content (AvgIpc) is 2.47. The van der Waals surface area contributed by atoms with Gasteiger partial charge in [0.05, 0.1) is 19.8 Å². The Morgan fingerprint density at radius 2 is 1.60 bits per heavy atom. The molecule has 0 atom stereocenters. The molecule has 3 heteroatoms. The van der Waals surface area contributed by atoms with Crippen molar-refractivity contribution in [1.82, 2.24) is 0 Å². The Kier molecular flexibility index (Phi) is 4.08. The molecule has 0 saturated heterocycles. The normalized spacial score (nSPS) is 10.2. The van der Waals surface area contributed by atoms with Gasteiger partial charge in [0.15, 0.2) is 5.78 Å². The topological polar surface area (TPSA) is 35.5 Å². The predicted molar refractivity (Wildman–Crippen MR) is 79.7 cm³/mol. The highest BCUT2D eigenvalue weighted by molar-refractivity contribution is 5.94. The molecule has 2 rings (SSSR count). The van der Waals surface area contributed by atoms with Gasteiger partial charge in [0.1, 0.15) is 11.5 Å². The lowest BCUT2D eigenvalue weighted by molar-refractivity contribution is 0.101. The highest BCUT2D eigenvalue weighted by Crippen LogP contribution is 2.40. The Hall–Kier alpha value is -2.29. The van der Waals surface area contributed by atoms with Gasteiger partial charge in [-0.25, -0.2) is 0 Å². The standard InChI is InChI=1S/C17H18O3/c1-11-5-10-15(19-3)16(17(11)20-4)14-8-6-13(7-9-14)12(2)18/h5-10H,1-4H3. The molecular weight excluding hydrogens is 252 g/mol. The molecule has 2 aromatic rings. The Balaban J connectivity index is 2.61. The lowest BCUT2D eigenvalue weighted by atomic mass is 9.99. The van der Waals surface area contributed by atoms with Crippen molar-refractivity contribution < 1.29 is 14.3 Å². The first-order valence-electron chi connectivity index (χ1n) is 6.41. The van der Waals surface area contributed by atoms with Gasteiger partial charge in [0.2, 0.25) is 0 Å². The van der Waals surface area contributed by atoms with Crippen LogP contribution in [0.15, 0.2) is 36.4 Å². The van der Waals surface area contributed by atoms with Crippen LogP contribution in [0.5, 0.6) is 11.5 Å². The van der Waals surface area contributed by atoms with Crippen molar-refractivity contribution in [3.05, 3.63) is 47.5 Å². The van der Waals surface area contributed by atoms with Gasteiger partial charge >= 0.3 is 0 Å². The predicted octanol–water partition coefficient (Wildman–Crippen LogP) is 3.88. The first-order valence-corrected chi connectivity index (χ1v) is 6.41. The zero-order valence-electron chi connectivity index (χ0n) is 12.2. The SMILES string of the molecule is COc1ccc(C)c(OC)c1-c1ccc(C(C)=O)cc1. The van der Waals surface area contributed by atoms with Gasteiger partial charge in [0.25, 0.3) is 0 Å². The van der Waals surface area contributed by atoms with E-state index in [1.54, 1.807) is 21.1 Å². The number of methoxy groups -OCH3 is 2. The van der Waals surface area contributed by atoms with Crippen LogP contribution in [-0.4, -0.2) is 20.0 Å². The molecule has 0 aliphatic heterocycles. The fourth-order valence-corrected chi connectivity index (χ4v) is 2.25. The Labute approximate surface area is 119 Å². The second kappa shape index (κ2) is 5.78. The fraction of sp³-hybridized carbons (Fsp3) is 0.235. The summed E-state index contributed by atoms with van der Waals surface area (Å²) in [6.07, 6.45) is 0. The van der Waals surface area contributed by atoms with Crippen LogP contribution in [0.4, 0.5) is 0 Å². The van der Waals surface area contributed by atoms with E-state index in [-0.39, 0.29) is 5.78 Å². The number of carbonyl (C=O) groups is 1. The molecule has 0 N–H and O–H groups in total. The van der Waals surface area contributed by atoms with Gasteiger partial charge in [-0.3, -0.25) is 4.79 Å². The maximum absolute atomic E-state index is 11.3. The summed E-state index contributed by atoms with van der Waals surface area (Å²) in [5, 5.41) is 0. The first-order chi connectivity index (χ1) is 9.58. The summed E-state index contributed by atoms with van der Waals surface area (Å²) in [5.74, 6) is 1.60. The average molecular weight is 270 g/mol. The summed E-state index contributed by atoms with van der Waals surface area (Å²) < 4.78 is 10.9. The molecule has 0 fully saturated rings. The lowest BCUT2D eigenvalue weighted by Gasteiger charge is -2.15. The molecule has 0 bridgehead atoms. The van der Waals surface area contributed by atoms with Crippen molar-refractivity contribution in [2.45, 2.75) is 13.8 Å². The number of Topliss-reactive ketones (excluding diaryl/α,β-unsaturated/α-hetero) is 1. The van der Waals surface area contributed by atoms with E-state index in [4.69, 9.17) is 9.47 Å². The van der Waals surface area contributed by atoms with Crippen LogP contribution in [0.3, 0.4) is 0 Å². The van der Waals surface area contributed by atoms with E-state index in [2.05, 4.69) is 0 Å². The van der Waals surface area contributed by atoms with Gasteiger partial charge in [-0.1, -0.05) is 30.3 Å². The van der Waals surface area contributed by atoms with Gasteiger partial charge in [-0.05, 0) is 31.0 Å². The number of ketones is 1. The van der Waals surface area contributed by atoms with Crippen LogP contribution < -0.4 is 9.47 Å². The quantitative estimate of drug-likeness (QED) is 0.791. The summed E-state index contributed by atoms with van der Waals surface area (Å²) in [6.45, 7) is 3.55. The number of aryl methyl sites for hydroxylation is 1. The Bertz CT molecular complexity index is 627. The van der Waals surface area contributed by atoms with E-state index in [1.807, 2.05) is 43.3 Å². The van der Waals surface area contributed by atoms with Gasteiger partial charge in [0, 0.05) is 5.56 Å². The second-order valence-corrected chi connectivity index (χ2v) is 4.63. The van der Waals surface area contributed by atoms with Crippen molar-refractivity contribution in [3.63, 3.8) is 0 Å². The molecule has 0 amide bonds. The number of benzene rings is 2. The Morgan fingerprint density at radius 1 is 0.950 bits per heavy atom. The van der Waals surface area contributed by atoms with E-state index in [1.165, 1.54) is 0 Å². The van der Waals surface area contributed by atoms with Gasteiger partial charge in [-0.15, -0.1) is 0 Å². The van der Waals surface area contributed by atoms with Gasteiger partial charge < -0.3 is 9.47 Å². The van der Waals surface area contributed by atoms with Crippen LogP contribution >= 0.6 is 0 Å². The molecule has 0 spiro atoms. The van der Waals surface area contributed by atoms with Gasteiger partial charge in [-0.2, -0.15) is 0 Å². The molecule has 0 unspecified atom stereocenters. The van der Waals surface area contributed by atoms with Crippen molar-refractivity contribution >= 4 is 5.78 Å². The van der Waals surface area contributed by atoms with E-state index in [0.717, 1.165) is 28.2 Å². The summed E-state index contributed by atoms with van der Waals surface area (Å²) in [4.78, 5) is 11.3. The molecule has 0 aliphatic rings. The Morgan fingerprint density at radius 3 is 2.10 bits per heavy atom. The molecule has 2 aromatic carbocycles. The maximum Gasteiger partial charge on any atom is 0.159 e. The van der Waals surface area contributed by atoms with E-state index in [9.17, 15) is 4.79 Å². The monoisotopic (exact) mass is 270 g/mol. The molecule has 0 heterocycles. The van der Waals surface area contributed by atoms with Crippen LogP contribution in [-0.2, 0) is 0 Å². The molecule has 0 aliphatic carbocycles. The molecule has 3 nitrogen and oxygen atoms in total. The lowest BCUT2D eigenvalue weighted by Crippen LogP contribution is -1.96. The number of hydrogen-bond acceptors (Lipinski definition) is 3. The third-order valence-corrected chi connectivity index (χ3v) is 3.32. The zero-order chi connectivity index (χ0) is 14.7. The minimum absolute atomic E-state index is 0.0553. The zero-order valence-corrected chi connectivity index (χ0v) is 12.2.